The van der Waals surface area contributed by atoms with E-state index in [1.807, 2.05) is 48.5 Å². The lowest BCUT2D eigenvalue weighted by atomic mass is 9.96. The number of nitrogens with one attached hydrogen (secondary N) is 2. The van der Waals surface area contributed by atoms with E-state index in [0.29, 0.717) is 73.6 Å². The first kappa shape index (κ1) is 52.2. The van der Waals surface area contributed by atoms with Gasteiger partial charge in [-0.2, -0.15) is 5.26 Å². The molecule has 5 aromatic carbocycles. The van der Waals surface area contributed by atoms with E-state index in [1.54, 1.807) is 28.0 Å². The number of amides is 7. The van der Waals surface area contributed by atoms with Crippen molar-refractivity contribution in [3.8, 4) is 40.2 Å². The zero-order valence-corrected chi connectivity index (χ0v) is 43.2. The molecular weight excluding hydrogens is 1010 g/mol. The van der Waals surface area contributed by atoms with Gasteiger partial charge in [0, 0.05) is 63.6 Å². The van der Waals surface area contributed by atoms with Gasteiger partial charge >= 0.3 is 0 Å². The third-order valence-corrected chi connectivity index (χ3v) is 15.1. The summed E-state index contributed by atoms with van der Waals surface area (Å²) in [5.74, 6) is -1.15. The van der Waals surface area contributed by atoms with Gasteiger partial charge in [-0.25, -0.2) is 0 Å². The highest BCUT2D eigenvalue weighted by Gasteiger charge is 2.46. The summed E-state index contributed by atoms with van der Waals surface area (Å²) in [7, 11) is 0. The van der Waals surface area contributed by atoms with Crippen LogP contribution >= 0.6 is 11.6 Å². The van der Waals surface area contributed by atoms with E-state index < -0.39 is 41.6 Å². The summed E-state index contributed by atoms with van der Waals surface area (Å²) in [6, 6.07) is 27.9. The lowest BCUT2D eigenvalue weighted by Gasteiger charge is -2.41. The van der Waals surface area contributed by atoms with Crippen molar-refractivity contribution in [2.45, 2.75) is 83.7 Å². The predicted octanol–water partition coefficient (Wildman–Crippen LogP) is 6.96. The number of piperazine rings is 1. The largest absolute Gasteiger partial charge is 0.488 e. The Labute approximate surface area is 449 Å². The van der Waals surface area contributed by atoms with Crippen molar-refractivity contribution in [2.24, 2.45) is 0 Å². The third-order valence-electron chi connectivity index (χ3n) is 14.8. The Balaban J connectivity index is 0.768. The normalized spacial score (nSPS) is 18.3. The van der Waals surface area contributed by atoms with Gasteiger partial charge in [-0.15, -0.1) is 0 Å². The minimum absolute atomic E-state index is 0.00688. The van der Waals surface area contributed by atoms with Crippen molar-refractivity contribution in [1.82, 2.24) is 24.9 Å². The molecule has 0 aliphatic carbocycles. The quantitative estimate of drug-likeness (QED) is 0.102. The molecule has 3 saturated heterocycles. The van der Waals surface area contributed by atoms with E-state index >= 15 is 0 Å². The summed E-state index contributed by atoms with van der Waals surface area (Å²) in [5, 5.41) is 14.8. The highest BCUT2D eigenvalue weighted by Crippen LogP contribution is 2.39. The molecule has 0 bridgehead atoms. The summed E-state index contributed by atoms with van der Waals surface area (Å²) in [5.41, 5.74) is 6.16. The number of hydrogen-bond acceptors (Lipinski definition) is 13. The van der Waals surface area contributed by atoms with E-state index in [1.165, 1.54) is 18.2 Å². The first-order valence-electron chi connectivity index (χ1n) is 25.8. The number of benzene rings is 5. The third kappa shape index (κ3) is 11.3. The van der Waals surface area contributed by atoms with Crippen LogP contribution in [-0.2, 0) is 43.7 Å². The van der Waals surface area contributed by atoms with Crippen molar-refractivity contribution in [3.05, 3.63) is 135 Å². The number of carbonyl (C=O) groups excluding carboxylic acids is 7. The second-order valence-corrected chi connectivity index (χ2v) is 20.0. The molecule has 7 amide bonds. The van der Waals surface area contributed by atoms with Gasteiger partial charge in [-0.05, 0) is 103 Å². The average Bonchev–Trinajstić information content (AvgIpc) is 3.77. The van der Waals surface area contributed by atoms with Crippen molar-refractivity contribution in [3.63, 3.8) is 0 Å². The lowest BCUT2D eigenvalue weighted by Crippen LogP contribution is -2.56. The van der Waals surface area contributed by atoms with E-state index in [9.17, 15) is 38.8 Å². The minimum Gasteiger partial charge on any atom is -0.488 e. The van der Waals surface area contributed by atoms with E-state index in [2.05, 4.69) is 34.6 Å². The van der Waals surface area contributed by atoms with Crippen LogP contribution in [0.2, 0.25) is 5.02 Å². The molecule has 5 heterocycles. The van der Waals surface area contributed by atoms with Crippen molar-refractivity contribution in [2.75, 3.05) is 51.3 Å². The highest BCUT2D eigenvalue weighted by molar-refractivity contribution is 6.32. The number of hydrogen-bond donors (Lipinski definition) is 2. The fourth-order valence-corrected chi connectivity index (χ4v) is 10.9. The molecule has 5 aromatic rings. The van der Waals surface area contributed by atoms with Crippen molar-refractivity contribution >= 4 is 58.6 Å². The Morgan fingerprint density at radius 2 is 1.52 bits per heavy atom. The molecule has 77 heavy (non-hydrogen) atoms. The summed E-state index contributed by atoms with van der Waals surface area (Å²) < 4.78 is 24.6. The van der Waals surface area contributed by atoms with Gasteiger partial charge in [-0.1, -0.05) is 60.5 Å². The lowest BCUT2D eigenvalue weighted by molar-refractivity contribution is -0.144. The number of piperidine rings is 2. The van der Waals surface area contributed by atoms with Gasteiger partial charge in [0.2, 0.25) is 29.5 Å². The van der Waals surface area contributed by atoms with Crippen molar-refractivity contribution < 1.29 is 52.5 Å². The predicted molar refractivity (Wildman–Crippen MR) is 281 cm³/mol. The number of likely N-dealkylation sites (tertiary alicyclic amines) is 1. The van der Waals surface area contributed by atoms with Crippen LogP contribution < -0.4 is 29.6 Å². The molecule has 18 nitrogen and oxygen atoms in total. The maximum absolute atomic E-state index is 14.4. The number of nitrogens with zero attached hydrogens (tertiary/aromatic N) is 5. The second kappa shape index (κ2) is 22.9. The number of fused-ring (bicyclic) bond motifs is 2. The Hall–Kier alpha value is -8.27. The zero-order chi connectivity index (χ0) is 53.7. The molecule has 2 unspecified atom stereocenters. The SMILES string of the molecule is Cc1c(COc2cc(OCc3cccc(C#N)c3)c(CN3CCCCC3C(=O)N3CCN(C(=O)CCC(=O)Nc4cccc5c4C(=O)N(C4CCC(=O)NC4=O)C5=O)CC3)cc2Cl)cccc1-c1ccc2c(c1)OCCO2. The van der Waals surface area contributed by atoms with Crippen LogP contribution in [0.25, 0.3) is 11.1 Å². The smallest absolute Gasteiger partial charge is 0.264 e. The molecule has 0 spiro atoms. The number of carbonyl (C=O) groups is 7. The fraction of sp³-hybridized carbons (Fsp3) is 0.345. The van der Waals surface area contributed by atoms with Crippen LogP contribution in [0.1, 0.15) is 93.5 Å². The molecule has 2 atom stereocenters. The van der Waals surface area contributed by atoms with E-state index in [4.69, 9.17) is 30.5 Å². The van der Waals surface area contributed by atoms with Crippen LogP contribution in [0, 0.1) is 18.3 Å². The van der Waals surface area contributed by atoms with E-state index in [-0.39, 0.29) is 80.6 Å². The molecule has 19 heteroatoms. The maximum atomic E-state index is 14.4. The van der Waals surface area contributed by atoms with Gasteiger partial charge in [0.1, 0.15) is 44.0 Å². The Morgan fingerprint density at radius 1 is 0.766 bits per heavy atom. The molecule has 2 N–H and O–H groups in total. The summed E-state index contributed by atoms with van der Waals surface area (Å²) in [6.45, 7) is 5.65. The van der Waals surface area contributed by atoms with Crippen molar-refractivity contribution in [1.29, 1.82) is 5.26 Å². The fourth-order valence-electron chi connectivity index (χ4n) is 10.6. The molecule has 5 aliphatic heterocycles. The summed E-state index contributed by atoms with van der Waals surface area (Å²) >= 11 is 7.04. The monoisotopic (exact) mass is 1060 g/mol. The number of ether oxygens (including phenoxy) is 4. The van der Waals surface area contributed by atoms with E-state index in [0.717, 1.165) is 56.9 Å². The number of rotatable bonds is 15. The first-order valence-corrected chi connectivity index (χ1v) is 26.2. The van der Waals surface area contributed by atoms with Crippen LogP contribution in [0.3, 0.4) is 0 Å². The minimum atomic E-state index is -1.16. The molecule has 396 valence electrons. The molecule has 3 fully saturated rings. The molecule has 0 radical (unpaired) electrons. The molecular formula is C58H56ClN7O11. The molecule has 0 aromatic heterocycles. The highest BCUT2D eigenvalue weighted by atomic mass is 35.5. The summed E-state index contributed by atoms with van der Waals surface area (Å²) in [4.78, 5) is 98.5. The Kier molecular flexibility index (Phi) is 15.5. The second-order valence-electron chi connectivity index (χ2n) is 19.6. The molecule has 0 saturated carbocycles. The van der Waals surface area contributed by atoms with Crippen LogP contribution in [0.15, 0.2) is 91.0 Å². The van der Waals surface area contributed by atoms with Crippen LogP contribution in [0.5, 0.6) is 23.0 Å². The molecule has 5 aliphatic rings. The standard InChI is InChI=1S/C58H56ClN7O11/c1-35-39(9-5-10-41(35)38-14-16-47-50(29-38)75-26-25-74-47)34-77-49-30-48(76-33-37-8-4-7-36(27-37)31-60)40(28-43(49)59)32-65-20-3-2-13-46(65)57(72)64-23-21-63(22-24-64)53(69)19-18-51(67)61-44-12-6-11-42-54(44)58(73)66(56(42)71)45-15-17-52(68)62-55(45)70/h4-12,14,16,27-30,45-46H,2-3,13,15,17-26,32-34H2,1H3,(H,61,67)(H,62,68,70). The van der Waals surface area contributed by atoms with Crippen LogP contribution in [0.4, 0.5) is 5.69 Å². The first-order chi connectivity index (χ1) is 37.3. The van der Waals surface area contributed by atoms with Gasteiger partial charge < -0.3 is 34.1 Å². The zero-order valence-electron chi connectivity index (χ0n) is 42.4. The number of anilines is 1. The topological polar surface area (TPSA) is 217 Å². The molecule has 10 rings (SSSR count). The number of halogens is 1. The summed E-state index contributed by atoms with van der Waals surface area (Å²) in [6.07, 6.45) is 2.03. The maximum Gasteiger partial charge on any atom is 0.264 e. The Morgan fingerprint density at radius 3 is 2.32 bits per heavy atom. The van der Waals surface area contributed by atoms with Crippen LogP contribution in [-0.4, -0.2) is 119 Å². The van der Waals surface area contributed by atoms with Gasteiger partial charge in [0.25, 0.3) is 11.8 Å². The van der Waals surface area contributed by atoms with Gasteiger partial charge in [0.15, 0.2) is 11.5 Å². The Bertz CT molecular complexity index is 3240. The van der Waals surface area contributed by atoms with Gasteiger partial charge in [0.05, 0.1) is 39.5 Å². The van der Waals surface area contributed by atoms with Gasteiger partial charge in [-0.3, -0.25) is 48.7 Å². The number of imide groups is 2. The number of nitriles is 1. The average molecular weight is 1060 g/mol.